The van der Waals surface area contributed by atoms with Gasteiger partial charge >= 0.3 is 0 Å². The Balaban J connectivity index is 2.27. The van der Waals surface area contributed by atoms with Gasteiger partial charge in [-0.3, -0.25) is 9.35 Å². The van der Waals surface area contributed by atoms with Crippen LogP contribution in [0.1, 0.15) is 39.0 Å². The summed E-state index contributed by atoms with van der Waals surface area (Å²) in [7, 11) is -4.40. The predicted molar refractivity (Wildman–Crippen MR) is 95.9 cm³/mol. The number of aryl methyl sites for hydroxylation is 1. The minimum absolute atomic E-state index is 0.0195. The van der Waals surface area contributed by atoms with Gasteiger partial charge in [-0.25, -0.2) is 0 Å². The second kappa shape index (κ2) is 6.77. The molecule has 0 fully saturated rings. The van der Waals surface area contributed by atoms with E-state index in [1.54, 1.807) is 12.1 Å². The number of aliphatic imine (C=N–C) groups is 1. The number of hydrogen-bond donors (Lipinski definition) is 3. The maximum absolute atomic E-state index is 12.4. The molecule has 0 aliphatic heterocycles. The van der Waals surface area contributed by atoms with Crippen molar-refractivity contribution in [3.63, 3.8) is 0 Å². The maximum atomic E-state index is 12.4. The average molecular weight is 375 g/mol. The summed E-state index contributed by atoms with van der Waals surface area (Å²) in [4.78, 5) is 15.9. The molecule has 5 N–H and O–H groups in total. The van der Waals surface area contributed by atoms with Crippen LogP contribution in [0.15, 0.2) is 46.2 Å². The van der Waals surface area contributed by atoms with E-state index < -0.39 is 27.7 Å². The van der Waals surface area contributed by atoms with Crippen LogP contribution >= 0.6 is 0 Å². The lowest BCUT2D eigenvalue weighted by Crippen LogP contribution is -2.25. The van der Waals surface area contributed by atoms with Crippen LogP contribution in [0, 0.1) is 0 Å². The molecule has 3 rings (SSSR count). The molecule has 1 aromatic heterocycles. The van der Waals surface area contributed by atoms with Crippen LogP contribution < -0.4 is 11.5 Å². The van der Waals surface area contributed by atoms with Gasteiger partial charge in [-0.05, 0) is 47.2 Å². The first-order chi connectivity index (χ1) is 12.3. The number of rotatable bonds is 4. The average Bonchev–Trinajstić information content (AvgIpc) is 3.06. The second-order valence-electron chi connectivity index (χ2n) is 5.86. The third-order valence-corrected chi connectivity index (χ3v) is 4.70. The Morgan fingerprint density at radius 1 is 1.27 bits per heavy atom. The Morgan fingerprint density at radius 3 is 2.65 bits per heavy atom. The molecule has 0 bridgehead atoms. The number of allylic oxidation sites excluding steroid dienone is 1. The Bertz CT molecular complexity index is 1020. The molecule has 1 aliphatic rings. The number of nitrogens with zero attached hydrogens (tertiary/aromatic N) is 1. The quantitative estimate of drug-likeness (QED) is 0.416. The fourth-order valence-electron chi connectivity index (χ4n) is 3.10. The summed E-state index contributed by atoms with van der Waals surface area (Å²) in [6.45, 7) is 0. The number of furan rings is 1. The zero-order valence-corrected chi connectivity index (χ0v) is 14.5. The van der Waals surface area contributed by atoms with Crippen LogP contribution in [-0.2, 0) is 22.3 Å². The van der Waals surface area contributed by atoms with E-state index in [2.05, 4.69) is 4.99 Å². The normalized spacial score (nSPS) is 13.7. The summed E-state index contributed by atoms with van der Waals surface area (Å²) >= 11 is 0. The number of carbonyl (C=O) groups is 1. The van der Waals surface area contributed by atoms with Crippen LogP contribution in [0.25, 0.3) is 5.57 Å². The molecule has 1 aliphatic carbocycles. The van der Waals surface area contributed by atoms with Gasteiger partial charge in [-0.2, -0.15) is 13.4 Å². The highest BCUT2D eigenvalue weighted by Crippen LogP contribution is 2.37. The monoisotopic (exact) mass is 375 g/mol. The molecule has 136 valence electrons. The Kier molecular flexibility index (Phi) is 4.66. The van der Waals surface area contributed by atoms with E-state index in [0.29, 0.717) is 12.0 Å². The predicted octanol–water partition coefficient (Wildman–Crippen LogP) is 1.46. The van der Waals surface area contributed by atoms with Crippen molar-refractivity contribution in [2.75, 3.05) is 0 Å². The molecule has 0 saturated heterocycles. The molecule has 26 heavy (non-hydrogen) atoms. The smallest absolute Gasteiger partial charge is 0.280 e. The van der Waals surface area contributed by atoms with Gasteiger partial charge in [0.1, 0.15) is 5.75 Å². The number of amides is 1. The maximum Gasteiger partial charge on any atom is 0.280 e. The van der Waals surface area contributed by atoms with E-state index in [-0.39, 0.29) is 11.1 Å². The Labute approximate surface area is 150 Å². The van der Waals surface area contributed by atoms with Gasteiger partial charge in [-0.1, -0.05) is 12.1 Å². The van der Waals surface area contributed by atoms with Crippen LogP contribution in [0.5, 0.6) is 0 Å². The highest BCUT2D eigenvalue weighted by Gasteiger charge is 2.26. The van der Waals surface area contributed by atoms with Gasteiger partial charge in [0.2, 0.25) is 0 Å². The van der Waals surface area contributed by atoms with E-state index in [9.17, 15) is 17.8 Å². The summed E-state index contributed by atoms with van der Waals surface area (Å²) in [6.07, 6.45) is 6.39. The van der Waals surface area contributed by atoms with Crippen molar-refractivity contribution in [3.05, 3.63) is 64.6 Å². The van der Waals surface area contributed by atoms with Crippen LogP contribution in [-0.4, -0.2) is 24.8 Å². The highest BCUT2D eigenvalue weighted by atomic mass is 32.2. The SMILES string of the molecule is NC(N)=NC(=O)c1ccc2c(c1CS(=O)(=O)O)C(c1ccoc1)=CCC2. The fourth-order valence-corrected chi connectivity index (χ4v) is 3.77. The van der Waals surface area contributed by atoms with Crippen LogP contribution in [0.4, 0.5) is 0 Å². The molecule has 0 atom stereocenters. The van der Waals surface area contributed by atoms with Crippen molar-refractivity contribution in [1.29, 1.82) is 0 Å². The van der Waals surface area contributed by atoms with E-state index in [1.165, 1.54) is 18.6 Å². The summed E-state index contributed by atoms with van der Waals surface area (Å²) < 4.78 is 37.7. The summed E-state index contributed by atoms with van der Waals surface area (Å²) in [5.41, 5.74) is 13.6. The molecule has 0 saturated carbocycles. The zero-order chi connectivity index (χ0) is 18.9. The van der Waals surface area contributed by atoms with E-state index >= 15 is 0 Å². The van der Waals surface area contributed by atoms with Gasteiger partial charge in [-0.15, -0.1) is 0 Å². The summed E-state index contributed by atoms with van der Waals surface area (Å²) in [5.74, 6) is -1.94. The van der Waals surface area contributed by atoms with Gasteiger partial charge in [0.25, 0.3) is 16.0 Å². The number of fused-ring (bicyclic) bond motifs is 1. The minimum Gasteiger partial charge on any atom is -0.472 e. The van der Waals surface area contributed by atoms with Crippen molar-refractivity contribution in [3.8, 4) is 0 Å². The first-order valence-corrected chi connectivity index (χ1v) is 9.34. The van der Waals surface area contributed by atoms with Crippen molar-refractivity contribution in [2.24, 2.45) is 16.5 Å². The third-order valence-electron chi connectivity index (χ3n) is 4.05. The second-order valence-corrected chi connectivity index (χ2v) is 7.31. The Hall–Kier alpha value is -2.91. The zero-order valence-electron chi connectivity index (χ0n) is 13.7. The first-order valence-electron chi connectivity index (χ1n) is 7.73. The summed E-state index contributed by atoms with van der Waals surface area (Å²) in [6, 6.07) is 4.96. The van der Waals surface area contributed by atoms with Crippen molar-refractivity contribution >= 4 is 27.6 Å². The molecular weight excluding hydrogens is 358 g/mol. The topological polar surface area (TPSA) is 149 Å². The molecule has 0 spiro atoms. The highest BCUT2D eigenvalue weighted by molar-refractivity contribution is 7.85. The van der Waals surface area contributed by atoms with Crippen LogP contribution in [0.3, 0.4) is 0 Å². The molecule has 8 nitrogen and oxygen atoms in total. The number of carbonyl (C=O) groups excluding carboxylic acids is 1. The van der Waals surface area contributed by atoms with Gasteiger partial charge in [0.15, 0.2) is 5.96 Å². The molecule has 0 unspecified atom stereocenters. The molecule has 2 aromatic rings. The molecular formula is C17H17N3O5S. The standard InChI is InChI=1S/C17H17N3O5S/c18-17(19)20-16(21)13-5-4-10-2-1-3-12(11-6-7-25-8-11)15(10)14(13)9-26(22,23)24/h3-8H,1-2,9H2,(H,22,23,24)(H4,18,19,20,21). The molecule has 1 heterocycles. The minimum atomic E-state index is -4.40. The van der Waals surface area contributed by atoms with Crippen molar-refractivity contribution in [1.82, 2.24) is 0 Å². The van der Waals surface area contributed by atoms with Gasteiger partial charge in [0, 0.05) is 11.1 Å². The molecule has 0 radical (unpaired) electrons. The first kappa shape index (κ1) is 17.9. The number of hydrogen-bond acceptors (Lipinski definition) is 4. The van der Waals surface area contributed by atoms with E-state index in [1.807, 2.05) is 6.08 Å². The fraction of sp³-hybridized carbons (Fsp3) is 0.176. The van der Waals surface area contributed by atoms with E-state index in [4.69, 9.17) is 15.9 Å². The molecule has 9 heteroatoms. The Morgan fingerprint density at radius 2 is 2.04 bits per heavy atom. The van der Waals surface area contributed by atoms with Crippen LogP contribution in [0.2, 0.25) is 0 Å². The van der Waals surface area contributed by atoms with Crippen molar-refractivity contribution in [2.45, 2.75) is 18.6 Å². The number of nitrogens with two attached hydrogens (primary N) is 2. The molecule has 1 amide bonds. The number of benzene rings is 1. The largest absolute Gasteiger partial charge is 0.472 e. The summed E-state index contributed by atoms with van der Waals surface area (Å²) in [5, 5.41) is 0. The lowest BCUT2D eigenvalue weighted by Gasteiger charge is -2.22. The van der Waals surface area contributed by atoms with E-state index in [0.717, 1.165) is 23.1 Å². The lowest BCUT2D eigenvalue weighted by molar-refractivity contribution is 0.100. The van der Waals surface area contributed by atoms with Gasteiger partial charge in [0.05, 0.1) is 12.5 Å². The third kappa shape index (κ3) is 3.68. The lowest BCUT2D eigenvalue weighted by atomic mass is 9.83. The van der Waals surface area contributed by atoms with Gasteiger partial charge < -0.3 is 15.9 Å². The number of guanidine groups is 1. The van der Waals surface area contributed by atoms with Crippen molar-refractivity contribution < 1.29 is 22.2 Å². The molecule has 1 aromatic carbocycles.